The Labute approximate surface area is 106 Å². The number of hydrogen-bond acceptors (Lipinski definition) is 2. The molecule has 0 aliphatic rings. The number of para-hydroxylation sites is 1. The number of benzene rings is 1. The van der Waals surface area contributed by atoms with Crippen molar-refractivity contribution in [2.75, 3.05) is 6.54 Å². The van der Waals surface area contributed by atoms with E-state index < -0.39 is 0 Å². The third-order valence-electron chi connectivity index (χ3n) is 3.58. The molecule has 0 saturated heterocycles. The lowest BCUT2D eigenvalue weighted by atomic mass is 10.1. The van der Waals surface area contributed by atoms with Crippen LogP contribution in [0.1, 0.15) is 18.2 Å². The summed E-state index contributed by atoms with van der Waals surface area (Å²) >= 11 is 0. The number of aromatic nitrogens is 3. The van der Waals surface area contributed by atoms with Gasteiger partial charge in [-0.3, -0.25) is 4.40 Å². The maximum absolute atomic E-state index is 5.64. The summed E-state index contributed by atoms with van der Waals surface area (Å²) in [6.45, 7) is 2.83. The Hall–Kier alpha value is -1.81. The quantitative estimate of drug-likeness (QED) is 0.762. The monoisotopic (exact) mass is 242 g/mol. The van der Waals surface area contributed by atoms with Crippen molar-refractivity contribution < 1.29 is 0 Å². The van der Waals surface area contributed by atoms with Crippen molar-refractivity contribution in [3.05, 3.63) is 35.7 Å². The highest BCUT2D eigenvalue weighted by Gasteiger charge is 2.12. The van der Waals surface area contributed by atoms with Crippen molar-refractivity contribution in [3.63, 3.8) is 0 Å². The third-order valence-corrected chi connectivity index (χ3v) is 3.58. The third kappa shape index (κ3) is 1.46. The van der Waals surface area contributed by atoms with Gasteiger partial charge in [-0.2, -0.15) is 0 Å². The molecule has 3 rings (SSSR count). The number of aryl methyl sites for hydroxylation is 2. The van der Waals surface area contributed by atoms with E-state index in [2.05, 4.69) is 47.3 Å². The number of hydrogen-bond donors (Lipinski definition) is 1. The van der Waals surface area contributed by atoms with Crippen LogP contribution in [0, 0.1) is 0 Å². The van der Waals surface area contributed by atoms with Gasteiger partial charge in [-0.1, -0.05) is 19.1 Å². The molecular formula is C14H18N4. The van der Waals surface area contributed by atoms with Gasteiger partial charge in [-0.15, -0.1) is 0 Å². The van der Waals surface area contributed by atoms with Gasteiger partial charge in [-0.05, 0) is 24.6 Å². The van der Waals surface area contributed by atoms with Crippen molar-refractivity contribution in [1.29, 1.82) is 0 Å². The van der Waals surface area contributed by atoms with Gasteiger partial charge in [0.25, 0.3) is 0 Å². The first-order valence-electron chi connectivity index (χ1n) is 6.40. The number of nitrogens with zero attached hydrogens (tertiary/aromatic N) is 3. The van der Waals surface area contributed by atoms with Gasteiger partial charge in [0.15, 0.2) is 0 Å². The van der Waals surface area contributed by atoms with Crippen LogP contribution in [0.2, 0.25) is 0 Å². The Kier molecular flexibility index (Phi) is 2.59. The van der Waals surface area contributed by atoms with Gasteiger partial charge in [0.2, 0.25) is 5.78 Å². The highest BCUT2D eigenvalue weighted by molar-refractivity contribution is 5.83. The molecule has 0 atom stereocenters. The van der Waals surface area contributed by atoms with Crippen LogP contribution in [0.5, 0.6) is 0 Å². The first-order chi connectivity index (χ1) is 8.76. The van der Waals surface area contributed by atoms with Gasteiger partial charge >= 0.3 is 0 Å². The molecule has 0 saturated carbocycles. The standard InChI is InChI=1S/C14H18N4/c1-3-10-5-4-6-12-13(10)16-14-17(2)11(7-8-15)9-18(12)14/h4-6,9H,3,7-8,15H2,1-2H3. The van der Waals surface area contributed by atoms with E-state index in [0.29, 0.717) is 6.54 Å². The second-order valence-corrected chi connectivity index (χ2v) is 4.64. The Balaban J connectivity index is 2.33. The summed E-state index contributed by atoms with van der Waals surface area (Å²) in [5.74, 6) is 0.995. The summed E-state index contributed by atoms with van der Waals surface area (Å²) in [6, 6.07) is 6.38. The number of rotatable bonds is 3. The van der Waals surface area contributed by atoms with E-state index in [-0.39, 0.29) is 0 Å². The predicted octanol–water partition coefficient (Wildman–Crippen LogP) is 1.89. The van der Waals surface area contributed by atoms with Crippen molar-refractivity contribution in [3.8, 4) is 0 Å². The molecule has 94 valence electrons. The summed E-state index contributed by atoms with van der Waals surface area (Å²) < 4.78 is 4.30. The maximum atomic E-state index is 5.64. The SMILES string of the molecule is CCc1cccc2c1nc1n(C)c(CCN)cn21. The molecule has 0 radical (unpaired) electrons. The van der Waals surface area contributed by atoms with E-state index in [9.17, 15) is 0 Å². The summed E-state index contributed by atoms with van der Waals surface area (Å²) in [5.41, 5.74) is 10.5. The van der Waals surface area contributed by atoms with Gasteiger partial charge in [-0.25, -0.2) is 4.98 Å². The molecule has 4 nitrogen and oxygen atoms in total. The zero-order chi connectivity index (χ0) is 12.7. The van der Waals surface area contributed by atoms with E-state index in [4.69, 9.17) is 10.7 Å². The van der Waals surface area contributed by atoms with E-state index in [1.54, 1.807) is 0 Å². The Morgan fingerprint density at radius 3 is 2.89 bits per heavy atom. The summed E-state index contributed by atoms with van der Waals surface area (Å²) in [4.78, 5) is 4.77. The second-order valence-electron chi connectivity index (χ2n) is 4.64. The minimum absolute atomic E-state index is 0.666. The lowest BCUT2D eigenvalue weighted by molar-refractivity contribution is 0.820. The van der Waals surface area contributed by atoms with Crippen molar-refractivity contribution in [2.45, 2.75) is 19.8 Å². The fraction of sp³-hybridized carbons (Fsp3) is 0.357. The molecular weight excluding hydrogens is 224 g/mol. The van der Waals surface area contributed by atoms with Crippen LogP contribution in [-0.2, 0) is 19.9 Å². The van der Waals surface area contributed by atoms with Crippen LogP contribution in [0.4, 0.5) is 0 Å². The van der Waals surface area contributed by atoms with Crippen molar-refractivity contribution in [2.24, 2.45) is 12.8 Å². The van der Waals surface area contributed by atoms with Crippen LogP contribution in [0.25, 0.3) is 16.8 Å². The first kappa shape index (κ1) is 11.3. The lowest BCUT2D eigenvalue weighted by Gasteiger charge is -1.99. The van der Waals surface area contributed by atoms with Gasteiger partial charge in [0.05, 0.1) is 11.0 Å². The molecule has 2 N–H and O–H groups in total. The van der Waals surface area contributed by atoms with Crippen LogP contribution >= 0.6 is 0 Å². The topological polar surface area (TPSA) is 48.2 Å². The highest BCUT2D eigenvalue weighted by atomic mass is 15.2. The molecule has 2 aromatic heterocycles. The van der Waals surface area contributed by atoms with E-state index >= 15 is 0 Å². The number of fused-ring (bicyclic) bond motifs is 3. The maximum Gasteiger partial charge on any atom is 0.214 e. The normalized spacial score (nSPS) is 11.7. The molecule has 1 aromatic carbocycles. The highest BCUT2D eigenvalue weighted by Crippen LogP contribution is 2.22. The Morgan fingerprint density at radius 1 is 1.33 bits per heavy atom. The average Bonchev–Trinajstić information content (AvgIpc) is 2.89. The Morgan fingerprint density at radius 2 is 2.17 bits per heavy atom. The minimum Gasteiger partial charge on any atom is -0.330 e. The summed E-state index contributed by atoms with van der Waals surface area (Å²) in [5, 5.41) is 0. The fourth-order valence-electron chi connectivity index (χ4n) is 2.56. The van der Waals surface area contributed by atoms with Crippen molar-refractivity contribution >= 4 is 16.8 Å². The molecule has 2 heterocycles. The summed E-state index contributed by atoms with van der Waals surface area (Å²) in [6.07, 6.45) is 4.04. The fourth-order valence-corrected chi connectivity index (χ4v) is 2.56. The molecule has 4 heteroatoms. The van der Waals surface area contributed by atoms with E-state index in [0.717, 1.165) is 24.1 Å². The average molecular weight is 242 g/mol. The van der Waals surface area contributed by atoms with Crippen LogP contribution in [0.3, 0.4) is 0 Å². The molecule has 0 bridgehead atoms. The largest absolute Gasteiger partial charge is 0.330 e. The van der Waals surface area contributed by atoms with Crippen LogP contribution in [0.15, 0.2) is 24.4 Å². The molecule has 0 spiro atoms. The second kappa shape index (κ2) is 4.14. The zero-order valence-electron chi connectivity index (χ0n) is 10.8. The van der Waals surface area contributed by atoms with Crippen LogP contribution < -0.4 is 5.73 Å². The van der Waals surface area contributed by atoms with E-state index in [1.165, 1.54) is 16.8 Å². The lowest BCUT2D eigenvalue weighted by Crippen LogP contribution is -2.06. The van der Waals surface area contributed by atoms with Crippen molar-refractivity contribution in [1.82, 2.24) is 14.0 Å². The number of imidazole rings is 2. The molecule has 0 fully saturated rings. The first-order valence-corrected chi connectivity index (χ1v) is 6.40. The predicted molar refractivity (Wildman–Crippen MR) is 73.8 cm³/mol. The molecule has 0 unspecified atom stereocenters. The molecule has 0 aliphatic heterocycles. The zero-order valence-corrected chi connectivity index (χ0v) is 10.8. The smallest absolute Gasteiger partial charge is 0.214 e. The van der Waals surface area contributed by atoms with Gasteiger partial charge < -0.3 is 10.3 Å². The Bertz CT molecular complexity index is 705. The molecule has 0 aliphatic carbocycles. The molecule has 0 amide bonds. The number of nitrogens with two attached hydrogens (primary N) is 1. The summed E-state index contributed by atoms with van der Waals surface area (Å²) in [7, 11) is 2.05. The van der Waals surface area contributed by atoms with Gasteiger partial charge in [0.1, 0.15) is 0 Å². The van der Waals surface area contributed by atoms with E-state index in [1.807, 2.05) is 0 Å². The molecule has 18 heavy (non-hydrogen) atoms. The van der Waals surface area contributed by atoms with Crippen LogP contribution in [-0.4, -0.2) is 20.5 Å². The van der Waals surface area contributed by atoms with Gasteiger partial charge in [0, 0.05) is 25.4 Å². The minimum atomic E-state index is 0.666. The molecule has 3 aromatic rings.